The van der Waals surface area contributed by atoms with Gasteiger partial charge in [0.15, 0.2) is 0 Å². The van der Waals surface area contributed by atoms with Gasteiger partial charge >= 0.3 is 0 Å². The summed E-state index contributed by atoms with van der Waals surface area (Å²) < 4.78 is 0. The van der Waals surface area contributed by atoms with Crippen LogP contribution >= 0.6 is 23.2 Å². The van der Waals surface area contributed by atoms with Crippen molar-refractivity contribution in [3.8, 4) is 0 Å². The lowest BCUT2D eigenvalue weighted by Gasteiger charge is -2.37. The van der Waals surface area contributed by atoms with Crippen LogP contribution in [0.4, 0.5) is 5.69 Å². The summed E-state index contributed by atoms with van der Waals surface area (Å²) in [5.41, 5.74) is 2.26. The monoisotopic (exact) mass is 286 g/mol. The van der Waals surface area contributed by atoms with Crippen LogP contribution in [-0.2, 0) is 5.88 Å². The molecule has 4 heteroatoms. The van der Waals surface area contributed by atoms with Crippen LogP contribution in [0.2, 0.25) is 5.02 Å². The molecule has 0 radical (unpaired) electrons. The van der Waals surface area contributed by atoms with Crippen molar-refractivity contribution in [3.63, 3.8) is 0 Å². The first-order valence-corrected chi connectivity index (χ1v) is 7.29. The van der Waals surface area contributed by atoms with E-state index in [1.807, 2.05) is 12.1 Å². The first-order chi connectivity index (χ1) is 8.63. The second-order valence-electron chi connectivity index (χ2n) is 5.05. The van der Waals surface area contributed by atoms with Crippen molar-refractivity contribution in [2.45, 2.75) is 24.8 Å². The number of nitrogens with zero attached hydrogens (tertiary/aromatic N) is 2. The zero-order chi connectivity index (χ0) is 13.1. The highest BCUT2D eigenvalue weighted by atomic mass is 35.5. The largest absolute Gasteiger partial charge is 0.371 e. The topological polar surface area (TPSA) is 6.48 Å². The average Bonchev–Trinajstić information content (AvgIpc) is 2.38. The molecule has 0 unspecified atom stereocenters. The van der Waals surface area contributed by atoms with Crippen molar-refractivity contribution in [1.82, 2.24) is 4.90 Å². The Kier molecular flexibility index (Phi) is 4.77. The maximum Gasteiger partial charge on any atom is 0.0509 e. The molecule has 1 fully saturated rings. The van der Waals surface area contributed by atoms with Crippen LogP contribution < -0.4 is 4.90 Å². The van der Waals surface area contributed by atoms with Gasteiger partial charge in [0.2, 0.25) is 0 Å². The Balaban J connectivity index is 2.12. The molecule has 1 saturated heterocycles. The molecule has 18 heavy (non-hydrogen) atoms. The quantitative estimate of drug-likeness (QED) is 0.784. The van der Waals surface area contributed by atoms with Crippen LogP contribution in [0, 0.1) is 0 Å². The first-order valence-electron chi connectivity index (χ1n) is 6.38. The standard InChI is InChI=1S/C14H20Cl2N2/c1-17(2)11-6-8-18(9-7-11)14-5-3-4-13(16)12(14)10-15/h3-5,11H,6-10H2,1-2H3. The molecule has 0 bridgehead atoms. The molecule has 1 aromatic rings. The van der Waals surface area contributed by atoms with Gasteiger partial charge in [0, 0.05) is 35.4 Å². The normalized spacial score (nSPS) is 17.5. The van der Waals surface area contributed by atoms with E-state index in [1.54, 1.807) is 0 Å². The molecule has 1 aliphatic heterocycles. The molecule has 2 nitrogen and oxygen atoms in total. The molecule has 0 aromatic heterocycles. The van der Waals surface area contributed by atoms with Crippen LogP contribution in [0.25, 0.3) is 0 Å². The van der Waals surface area contributed by atoms with Crippen LogP contribution in [0.5, 0.6) is 0 Å². The maximum atomic E-state index is 6.21. The first kappa shape index (κ1) is 14.0. The van der Waals surface area contributed by atoms with Gasteiger partial charge in [-0.15, -0.1) is 11.6 Å². The van der Waals surface area contributed by atoms with Gasteiger partial charge in [0.1, 0.15) is 0 Å². The number of piperidine rings is 1. The number of benzene rings is 1. The molecule has 0 N–H and O–H groups in total. The van der Waals surface area contributed by atoms with E-state index >= 15 is 0 Å². The minimum Gasteiger partial charge on any atom is -0.371 e. The predicted molar refractivity (Wildman–Crippen MR) is 79.9 cm³/mol. The highest BCUT2D eigenvalue weighted by molar-refractivity contribution is 6.32. The van der Waals surface area contributed by atoms with Crippen LogP contribution in [0.1, 0.15) is 18.4 Å². The molecule has 2 rings (SSSR count). The number of hydrogen-bond donors (Lipinski definition) is 0. The summed E-state index contributed by atoms with van der Waals surface area (Å²) in [4.78, 5) is 4.72. The number of halogens is 2. The molecule has 0 amide bonds. The smallest absolute Gasteiger partial charge is 0.0509 e. The summed E-state index contributed by atoms with van der Waals surface area (Å²) in [6.45, 7) is 2.15. The van der Waals surface area contributed by atoms with Gasteiger partial charge in [-0.1, -0.05) is 17.7 Å². The minimum atomic E-state index is 0.475. The average molecular weight is 287 g/mol. The van der Waals surface area contributed by atoms with Crippen molar-refractivity contribution in [2.75, 3.05) is 32.1 Å². The Hall–Kier alpha value is -0.440. The van der Waals surface area contributed by atoms with Gasteiger partial charge in [-0.2, -0.15) is 0 Å². The summed E-state index contributed by atoms with van der Waals surface area (Å²) in [7, 11) is 4.31. The second kappa shape index (κ2) is 6.14. The Bertz CT molecular complexity index is 399. The van der Waals surface area contributed by atoms with Gasteiger partial charge in [-0.25, -0.2) is 0 Å². The van der Waals surface area contributed by atoms with E-state index in [2.05, 4.69) is 30.0 Å². The molecule has 1 heterocycles. The Morgan fingerprint density at radius 2 is 1.94 bits per heavy atom. The molecular weight excluding hydrogens is 267 g/mol. The van der Waals surface area contributed by atoms with E-state index < -0.39 is 0 Å². The van der Waals surface area contributed by atoms with Crippen molar-refractivity contribution in [1.29, 1.82) is 0 Å². The van der Waals surface area contributed by atoms with Crippen molar-refractivity contribution in [3.05, 3.63) is 28.8 Å². The number of alkyl halides is 1. The number of anilines is 1. The fraction of sp³-hybridized carbons (Fsp3) is 0.571. The highest BCUT2D eigenvalue weighted by Crippen LogP contribution is 2.31. The third-order valence-corrected chi connectivity index (χ3v) is 4.38. The molecule has 1 aromatic carbocycles. The third kappa shape index (κ3) is 2.93. The van der Waals surface area contributed by atoms with E-state index in [4.69, 9.17) is 23.2 Å². The van der Waals surface area contributed by atoms with E-state index in [0.717, 1.165) is 23.7 Å². The molecule has 1 aliphatic rings. The lowest BCUT2D eigenvalue weighted by molar-refractivity contribution is 0.249. The summed E-state index contributed by atoms with van der Waals surface area (Å²) in [6.07, 6.45) is 2.39. The Morgan fingerprint density at radius 1 is 1.28 bits per heavy atom. The fourth-order valence-corrected chi connectivity index (χ4v) is 3.18. The predicted octanol–water partition coefficient (Wildman–Crippen LogP) is 3.61. The van der Waals surface area contributed by atoms with Crippen molar-refractivity contribution in [2.24, 2.45) is 0 Å². The fourth-order valence-electron chi connectivity index (χ4n) is 2.60. The lowest BCUT2D eigenvalue weighted by Crippen LogP contribution is -2.42. The SMILES string of the molecule is CN(C)C1CCN(c2cccc(Cl)c2CCl)CC1. The molecule has 0 aliphatic carbocycles. The summed E-state index contributed by atoms with van der Waals surface area (Å²) in [6, 6.07) is 6.74. The van der Waals surface area contributed by atoms with Crippen molar-refractivity contribution < 1.29 is 0 Å². The highest BCUT2D eigenvalue weighted by Gasteiger charge is 2.22. The summed E-state index contributed by atoms with van der Waals surface area (Å²) in [5, 5.41) is 0.775. The van der Waals surface area contributed by atoms with Gasteiger partial charge in [-0.05, 0) is 39.1 Å². The van der Waals surface area contributed by atoms with Crippen LogP contribution in [0.3, 0.4) is 0 Å². The molecular formula is C14H20Cl2N2. The van der Waals surface area contributed by atoms with E-state index in [9.17, 15) is 0 Å². The lowest BCUT2D eigenvalue weighted by atomic mass is 10.0. The Morgan fingerprint density at radius 3 is 2.50 bits per heavy atom. The van der Waals surface area contributed by atoms with Crippen LogP contribution in [0.15, 0.2) is 18.2 Å². The zero-order valence-electron chi connectivity index (χ0n) is 11.0. The van der Waals surface area contributed by atoms with Gasteiger partial charge in [0.25, 0.3) is 0 Å². The van der Waals surface area contributed by atoms with E-state index in [1.165, 1.54) is 18.5 Å². The third-order valence-electron chi connectivity index (χ3n) is 3.76. The molecule has 0 atom stereocenters. The summed E-state index contributed by atoms with van der Waals surface area (Å²) in [5.74, 6) is 0.475. The summed E-state index contributed by atoms with van der Waals surface area (Å²) >= 11 is 12.2. The molecule has 0 saturated carbocycles. The van der Waals surface area contributed by atoms with Crippen molar-refractivity contribution >= 4 is 28.9 Å². The van der Waals surface area contributed by atoms with Gasteiger partial charge in [0.05, 0.1) is 5.88 Å². The second-order valence-corrected chi connectivity index (χ2v) is 5.73. The number of hydrogen-bond acceptors (Lipinski definition) is 2. The minimum absolute atomic E-state index is 0.475. The van der Waals surface area contributed by atoms with E-state index in [-0.39, 0.29) is 0 Å². The molecule has 0 spiro atoms. The van der Waals surface area contributed by atoms with Crippen LogP contribution in [-0.4, -0.2) is 38.1 Å². The number of rotatable bonds is 3. The van der Waals surface area contributed by atoms with Gasteiger partial charge in [-0.3, -0.25) is 0 Å². The molecule has 100 valence electrons. The van der Waals surface area contributed by atoms with E-state index in [0.29, 0.717) is 11.9 Å². The maximum absolute atomic E-state index is 6.21. The zero-order valence-corrected chi connectivity index (χ0v) is 12.5. The Labute approximate surface area is 119 Å². The van der Waals surface area contributed by atoms with Gasteiger partial charge < -0.3 is 9.80 Å².